The van der Waals surface area contributed by atoms with Gasteiger partial charge in [0, 0.05) is 24.8 Å². The molecule has 0 saturated heterocycles. The van der Waals surface area contributed by atoms with E-state index in [1.807, 2.05) is 13.8 Å². The van der Waals surface area contributed by atoms with Gasteiger partial charge in [0.05, 0.1) is 18.0 Å². The van der Waals surface area contributed by atoms with Crippen LogP contribution in [0.1, 0.15) is 42.2 Å². The van der Waals surface area contributed by atoms with Gasteiger partial charge in [-0.25, -0.2) is 5.39 Å². The molecule has 0 amide bonds. The summed E-state index contributed by atoms with van der Waals surface area (Å²) in [5, 5.41) is 10.8. The molecule has 0 spiro atoms. The third-order valence-electron chi connectivity index (χ3n) is 4.85. The fourth-order valence-electron chi connectivity index (χ4n) is 3.60. The van der Waals surface area contributed by atoms with Crippen LogP contribution in [0.3, 0.4) is 0 Å². The van der Waals surface area contributed by atoms with Crippen LogP contribution in [0.5, 0.6) is 0 Å². The van der Waals surface area contributed by atoms with Crippen LogP contribution in [-0.2, 0) is 29.2 Å². The molecule has 1 unspecified atom stereocenters. The smallest absolute Gasteiger partial charge is 0.682 e. The van der Waals surface area contributed by atoms with Crippen molar-refractivity contribution in [1.29, 1.82) is 0 Å². The molecule has 1 aliphatic heterocycles. The summed E-state index contributed by atoms with van der Waals surface area (Å²) in [4.78, 5) is 28.8. The van der Waals surface area contributed by atoms with E-state index in [0.29, 0.717) is 23.2 Å². The number of aromatic nitrogens is 2. The number of benzene rings is 1. The Balaban J connectivity index is 0.00000187. The van der Waals surface area contributed by atoms with Gasteiger partial charge in [0.2, 0.25) is 0 Å². The number of fused-ring (bicyclic) bond motifs is 4. The molecule has 3 aromatic rings. The molecule has 3 heterocycles. The first-order valence-corrected chi connectivity index (χ1v) is 9.38. The molecule has 4 rings (SSSR count). The Labute approximate surface area is 334 Å². The molecule has 0 aliphatic carbocycles. The maximum atomic E-state index is 13.0. The molecule has 0 radical (unpaired) electrons. The summed E-state index contributed by atoms with van der Waals surface area (Å²) in [5.74, 6) is 0. The zero-order valence-corrected chi connectivity index (χ0v) is 34.3. The third-order valence-corrected chi connectivity index (χ3v) is 4.85. The summed E-state index contributed by atoms with van der Waals surface area (Å²) in [6, 6.07) is 11.2. The van der Waals surface area contributed by atoms with Crippen molar-refractivity contribution >= 4 is 17.2 Å². The fourth-order valence-corrected chi connectivity index (χ4v) is 3.60. The van der Waals surface area contributed by atoms with Gasteiger partial charge in [0.15, 0.2) is 6.29 Å². The SMILES string of the molecule is CC.COCc1c(C(O)C=O)cc2n(c1=O)Cc1c-2nc2[c-]cc[c-]c2c1C[NH-].[Rb+].[Rb+].[Rb+]. The van der Waals surface area contributed by atoms with Gasteiger partial charge >= 0.3 is 175 Å². The van der Waals surface area contributed by atoms with Gasteiger partial charge in [-0.2, -0.15) is 12.1 Å². The topological polar surface area (TPSA) is 105 Å². The molecule has 152 valence electrons. The Morgan fingerprint density at radius 1 is 1.25 bits per heavy atom. The minimum Gasteiger partial charge on any atom is -0.682 e. The Hall–Kier alpha value is 2.55. The molecule has 2 N–H and O–H groups in total. The van der Waals surface area contributed by atoms with Gasteiger partial charge in [-0.15, -0.1) is 5.52 Å². The van der Waals surface area contributed by atoms with Gasteiger partial charge in [0.1, 0.15) is 6.10 Å². The second-order valence-corrected chi connectivity index (χ2v) is 6.31. The summed E-state index contributed by atoms with van der Waals surface area (Å²) < 4.78 is 6.64. The number of carbonyl (C=O) groups is 1. The van der Waals surface area contributed by atoms with E-state index < -0.39 is 6.10 Å². The molecule has 7 nitrogen and oxygen atoms in total. The number of pyridine rings is 2. The van der Waals surface area contributed by atoms with Crippen molar-refractivity contribution in [3.8, 4) is 11.4 Å². The van der Waals surface area contributed by atoms with Crippen LogP contribution in [0, 0.1) is 12.1 Å². The summed E-state index contributed by atoms with van der Waals surface area (Å²) in [5.41, 5.74) is 11.3. The first-order chi connectivity index (χ1) is 14.1. The van der Waals surface area contributed by atoms with Crippen molar-refractivity contribution in [2.24, 2.45) is 0 Å². The number of methoxy groups -OCH3 is 1. The number of aldehydes is 1. The molecular formula is C22H22N3O4Rb3. The van der Waals surface area contributed by atoms with E-state index in [4.69, 9.17) is 10.5 Å². The van der Waals surface area contributed by atoms with Gasteiger partial charge in [-0.1, -0.05) is 19.4 Å². The molecule has 1 atom stereocenters. The van der Waals surface area contributed by atoms with Crippen LogP contribution < -0.4 is 180 Å². The van der Waals surface area contributed by atoms with Crippen LogP contribution in [0.15, 0.2) is 23.0 Å². The summed E-state index contributed by atoms with van der Waals surface area (Å²) >= 11 is 0. The molecule has 1 aromatic carbocycles. The monoisotopic (exact) mass is 647 g/mol. The summed E-state index contributed by atoms with van der Waals surface area (Å²) in [7, 11) is 1.45. The normalized spacial score (nSPS) is 11.5. The molecule has 0 bridgehead atoms. The van der Waals surface area contributed by atoms with E-state index in [1.165, 1.54) is 7.11 Å². The number of nitrogens with zero attached hydrogens (tertiary/aromatic N) is 2. The van der Waals surface area contributed by atoms with Crippen LogP contribution in [0.4, 0.5) is 0 Å². The number of nitrogens with one attached hydrogen (secondary N) is 1. The van der Waals surface area contributed by atoms with Crippen LogP contribution in [0.2, 0.25) is 0 Å². The van der Waals surface area contributed by atoms with Crippen molar-refractivity contribution in [2.75, 3.05) is 7.11 Å². The maximum Gasteiger partial charge on any atom is 1.00 e. The third kappa shape index (κ3) is 6.89. The number of hydrogen-bond donors (Lipinski definition) is 1. The Bertz CT molecular complexity index is 1140. The zero-order chi connectivity index (χ0) is 21.1. The predicted molar refractivity (Wildman–Crippen MR) is 109 cm³/mol. The minimum atomic E-state index is -1.42. The Kier molecular flexibility index (Phi) is 17.7. The van der Waals surface area contributed by atoms with Crippen LogP contribution in [-0.4, -0.2) is 28.1 Å². The molecular weight excluding hydrogens is 627 g/mol. The minimum absolute atomic E-state index is 0. The maximum absolute atomic E-state index is 13.0. The average molecular weight is 649 g/mol. The van der Waals surface area contributed by atoms with Gasteiger partial charge in [-0.05, 0) is 6.07 Å². The van der Waals surface area contributed by atoms with Crippen molar-refractivity contribution in [3.05, 3.63) is 68.7 Å². The molecule has 2 aromatic heterocycles. The van der Waals surface area contributed by atoms with Gasteiger partial charge in [0.25, 0.3) is 5.56 Å². The van der Waals surface area contributed by atoms with Crippen molar-refractivity contribution in [3.63, 3.8) is 0 Å². The number of rotatable bonds is 5. The van der Waals surface area contributed by atoms with Crippen molar-refractivity contribution in [1.82, 2.24) is 9.55 Å². The molecule has 32 heavy (non-hydrogen) atoms. The second-order valence-electron chi connectivity index (χ2n) is 6.31. The van der Waals surface area contributed by atoms with E-state index in [2.05, 4.69) is 17.1 Å². The van der Waals surface area contributed by atoms with E-state index in [1.54, 1.807) is 22.8 Å². The quantitative estimate of drug-likeness (QED) is 0.172. The molecule has 1 aliphatic rings. The van der Waals surface area contributed by atoms with Crippen LogP contribution >= 0.6 is 0 Å². The molecule has 0 fully saturated rings. The second kappa shape index (κ2) is 16.4. The first-order valence-electron chi connectivity index (χ1n) is 9.38. The van der Waals surface area contributed by atoms with Gasteiger partial charge < -0.3 is 29.9 Å². The standard InChI is InChI=1S/C20H16N3O4.C2H6.3Rb/c1-27-10-15-12(18(25)9-24)6-17-19-14(8-23(17)20(15)26)13(7-21)11-4-2-3-5-16(11)22-19;1-2;;;/h2-3,6,9,18,21,25H,7-8,10H2,1H3;1-2H3;;;/q-3;;3*+1. The largest absolute Gasteiger partial charge is 1.00 e. The van der Waals surface area contributed by atoms with Crippen molar-refractivity contribution < 1.29 is 189 Å². The first kappa shape index (κ1) is 34.5. The number of ether oxygens (including phenoxy) is 1. The van der Waals surface area contributed by atoms with Crippen LogP contribution in [0.25, 0.3) is 28.0 Å². The summed E-state index contributed by atoms with van der Waals surface area (Å²) in [6.45, 7) is 4.28. The molecule has 0 saturated carbocycles. The number of aliphatic hydroxyl groups excluding tert-OH is 1. The summed E-state index contributed by atoms with van der Waals surface area (Å²) in [6.07, 6.45) is -1.04. The fraction of sp³-hybridized carbons (Fsp3) is 0.318. The number of aliphatic hydroxyl groups is 1. The Morgan fingerprint density at radius 2 is 1.91 bits per heavy atom. The Morgan fingerprint density at radius 3 is 2.50 bits per heavy atom. The van der Waals surface area contributed by atoms with E-state index >= 15 is 0 Å². The molecule has 10 heteroatoms. The van der Waals surface area contributed by atoms with E-state index in [9.17, 15) is 14.7 Å². The predicted octanol–water partition coefficient (Wildman–Crippen LogP) is -6.01. The average Bonchev–Trinajstić information content (AvgIpc) is 3.13. The number of hydrogen-bond acceptors (Lipinski definition) is 5. The van der Waals surface area contributed by atoms with E-state index in [0.717, 1.165) is 16.5 Å². The number of carbonyl (C=O) groups excluding carboxylic acids is 1. The van der Waals surface area contributed by atoms with Gasteiger partial charge in [-0.3, -0.25) is 29.1 Å². The zero-order valence-electron chi connectivity index (χ0n) is 19.6. The van der Waals surface area contributed by atoms with Crippen molar-refractivity contribution in [2.45, 2.75) is 39.6 Å². The van der Waals surface area contributed by atoms with E-state index in [-0.39, 0.29) is 211 Å².